The molecule has 1 aromatic heterocycles. The van der Waals surface area contributed by atoms with Gasteiger partial charge in [-0.2, -0.15) is 0 Å². The van der Waals surface area contributed by atoms with Gasteiger partial charge in [0, 0.05) is 16.7 Å². The van der Waals surface area contributed by atoms with Gasteiger partial charge in [-0.15, -0.1) is 0 Å². The summed E-state index contributed by atoms with van der Waals surface area (Å²) in [4.78, 5) is 15.1. The van der Waals surface area contributed by atoms with Crippen molar-refractivity contribution in [3.63, 3.8) is 0 Å². The van der Waals surface area contributed by atoms with E-state index in [4.69, 9.17) is 15.0 Å². The molecule has 1 heterocycles. The Morgan fingerprint density at radius 2 is 0.720 bits per heavy atom. The number of hydrogen-bond acceptors (Lipinski definition) is 3. The van der Waals surface area contributed by atoms with Crippen LogP contribution in [0, 0.1) is 0 Å². The zero-order chi connectivity index (χ0) is 33.3. The fourth-order valence-electron chi connectivity index (χ4n) is 6.80. The smallest absolute Gasteiger partial charge is 0.164 e. The summed E-state index contributed by atoms with van der Waals surface area (Å²) in [6.45, 7) is 0. The highest BCUT2D eigenvalue weighted by molar-refractivity contribution is 6.00. The number of hydrogen-bond donors (Lipinski definition) is 0. The molecule has 0 aliphatic carbocycles. The van der Waals surface area contributed by atoms with E-state index in [2.05, 4.69) is 158 Å². The fraction of sp³-hybridized carbons (Fsp3) is 0. The molecule has 0 N–H and O–H groups in total. The molecule has 50 heavy (non-hydrogen) atoms. The van der Waals surface area contributed by atoms with Gasteiger partial charge in [0.05, 0.1) is 0 Å². The van der Waals surface area contributed by atoms with Crippen LogP contribution in [-0.4, -0.2) is 15.0 Å². The van der Waals surface area contributed by atoms with E-state index < -0.39 is 0 Å². The van der Waals surface area contributed by atoms with Gasteiger partial charge in [0.2, 0.25) is 0 Å². The molecule has 0 amide bonds. The number of nitrogens with zero attached hydrogens (tertiary/aromatic N) is 3. The lowest BCUT2D eigenvalue weighted by molar-refractivity contribution is 1.07. The van der Waals surface area contributed by atoms with Crippen LogP contribution in [0.1, 0.15) is 0 Å². The molecule has 0 bridgehead atoms. The van der Waals surface area contributed by atoms with Gasteiger partial charge in [-0.1, -0.05) is 170 Å². The number of fused-ring (bicyclic) bond motifs is 2. The van der Waals surface area contributed by atoms with E-state index in [-0.39, 0.29) is 0 Å². The first-order valence-corrected chi connectivity index (χ1v) is 16.9. The monoisotopic (exact) mass is 637 g/mol. The van der Waals surface area contributed by atoms with E-state index in [0.717, 1.165) is 27.8 Å². The minimum atomic E-state index is 0.636. The zero-order valence-corrected chi connectivity index (χ0v) is 27.2. The average Bonchev–Trinajstić information content (AvgIpc) is 3.21. The third kappa shape index (κ3) is 5.61. The average molecular weight is 638 g/mol. The van der Waals surface area contributed by atoms with E-state index in [9.17, 15) is 0 Å². The summed E-state index contributed by atoms with van der Waals surface area (Å²) in [5.41, 5.74) is 9.84. The molecule has 0 aliphatic heterocycles. The second-order valence-corrected chi connectivity index (χ2v) is 12.5. The van der Waals surface area contributed by atoms with Crippen molar-refractivity contribution in [3.8, 4) is 67.5 Å². The van der Waals surface area contributed by atoms with Crippen molar-refractivity contribution in [2.24, 2.45) is 0 Å². The molecule has 3 heteroatoms. The van der Waals surface area contributed by atoms with E-state index >= 15 is 0 Å². The van der Waals surface area contributed by atoms with Crippen molar-refractivity contribution in [3.05, 3.63) is 188 Å². The Morgan fingerprint density at radius 1 is 0.240 bits per heavy atom. The Labute approximate surface area is 291 Å². The molecule has 0 aliphatic rings. The summed E-state index contributed by atoms with van der Waals surface area (Å²) in [7, 11) is 0. The van der Waals surface area contributed by atoms with Crippen LogP contribution in [0.15, 0.2) is 188 Å². The lowest BCUT2D eigenvalue weighted by Crippen LogP contribution is -2.00. The van der Waals surface area contributed by atoms with Gasteiger partial charge in [0.15, 0.2) is 17.5 Å². The lowest BCUT2D eigenvalue weighted by Gasteiger charge is -2.13. The van der Waals surface area contributed by atoms with Crippen LogP contribution < -0.4 is 0 Å². The Morgan fingerprint density at radius 3 is 1.44 bits per heavy atom. The molecule has 0 saturated heterocycles. The Kier molecular flexibility index (Phi) is 7.49. The van der Waals surface area contributed by atoms with Crippen molar-refractivity contribution < 1.29 is 0 Å². The van der Waals surface area contributed by atoms with Crippen molar-refractivity contribution in [2.45, 2.75) is 0 Å². The number of rotatable bonds is 6. The standard InChI is InChI=1S/C47H31N3/c1-3-13-32(14-4-1)40-30-37-18-8-10-23-43(37)44(31-40)38-20-11-21-39(29-38)47-49-45(35-16-5-2-6-17-35)48-46(50-47)36-27-25-34(26-28-36)42-24-12-19-33-15-7-9-22-41(33)42/h1-31H. The Bertz CT molecular complexity index is 2620. The molecular formula is C47H31N3. The van der Waals surface area contributed by atoms with Crippen molar-refractivity contribution in [1.29, 1.82) is 0 Å². The number of aromatic nitrogens is 3. The lowest BCUT2D eigenvalue weighted by atomic mass is 9.92. The van der Waals surface area contributed by atoms with Crippen LogP contribution in [0.4, 0.5) is 0 Å². The van der Waals surface area contributed by atoms with Gasteiger partial charge in [0.1, 0.15) is 0 Å². The normalized spacial score (nSPS) is 11.2. The highest BCUT2D eigenvalue weighted by atomic mass is 15.0. The minimum Gasteiger partial charge on any atom is -0.208 e. The van der Waals surface area contributed by atoms with E-state index in [0.29, 0.717) is 17.5 Å². The molecule has 0 atom stereocenters. The van der Waals surface area contributed by atoms with E-state index in [1.54, 1.807) is 0 Å². The molecule has 3 nitrogen and oxygen atoms in total. The van der Waals surface area contributed by atoms with E-state index in [1.807, 2.05) is 30.3 Å². The first-order valence-electron chi connectivity index (χ1n) is 16.9. The molecular weight excluding hydrogens is 607 g/mol. The molecule has 9 rings (SSSR count). The van der Waals surface area contributed by atoms with Gasteiger partial charge < -0.3 is 0 Å². The van der Waals surface area contributed by atoms with Crippen LogP contribution in [0.3, 0.4) is 0 Å². The van der Waals surface area contributed by atoms with Crippen molar-refractivity contribution in [1.82, 2.24) is 15.0 Å². The van der Waals surface area contributed by atoms with E-state index in [1.165, 1.54) is 43.8 Å². The molecule has 0 unspecified atom stereocenters. The largest absolute Gasteiger partial charge is 0.208 e. The minimum absolute atomic E-state index is 0.636. The quantitative estimate of drug-likeness (QED) is 0.182. The first kappa shape index (κ1) is 29.4. The third-order valence-electron chi connectivity index (χ3n) is 9.31. The van der Waals surface area contributed by atoms with Crippen LogP contribution in [0.2, 0.25) is 0 Å². The van der Waals surface area contributed by atoms with Crippen LogP contribution in [0.25, 0.3) is 89.1 Å². The summed E-state index contributed by atoms with van der Waals surface area (Å²) >= 11 is 0. The summed E-state index contributed by atoms with van der Waals surface area (Å²) in [5, 5.41) is 4.87. The predicted molar refractivity (Wildman–Crippen MR) is 207 cm³/mol. The van der Waals surface area contributed by atoms with Crippen LogP contribution >= 0.6 is 0 Å². The fourth-order valence-corrected chi connectivity index (χ4v) is 6.80. The SMILES string of the molecule is c1ccc(-c2cc(-c3cccc(-c4nc(-c5ccccc5)nc(-c5ccc(-c6cccc7ccccc67)cc5)n4)c3)c3ccccc3c2)cc1. The van der Waals surface area contributed by atoms with Gasteiger partial charge in [-0.3, -0.25) is 0 Å². The third-order valence-corrected chi connectivity index (χ3v) is 9.31. The van der Waals surface area contributed by atoms with Gasteiger partial charge in [-0.05, 0) is 73.1 Å². The summed E-state index contributed by atoms with van der Waals surface area (Å²) in [6.07, 6.45) is 0. The van der Waals surface area contributed by atoms with Gasteiger partial charge in [0.25, 0.3) is 0 Å². The van der Waals surface area contributed by atoms with Crippen LogP contribution in [-0.2, 0) is 0 Å². The second kappa shape index (κ2) is 12.7. The summed E-state index contributed by atoms with van der Waals surface area (Å²) < 4.78 is 0. The van der Waals surface area contributed by atoms with Crippen LogP contribution in [0.5, 0.6) is 0 Å². The summed E-state index contributed by atoms with van der Waals surface area (Å²) in [5.74, 6) is 1.92. The molecule has 0 fully saturated rings. The predicted octanol–water partition coefficient (Wildman–Crippen LogP) is 12.2. The second-order valence-electron chi connectivity index (χ2n) is 12.5. The van der Waals surface area contributed by atoms with Crippen molar-refractivity contribution in [2.75, 3.05) is 0 Å². The molecule has 9 aromatic rings. The Hall–Kier alpha value is -6.71. The highest BCUT2D eigenvalue weighted by Gasteiger charge is 2.15. The maximum absolute atomic E-state index is 5.09. The molecule has 8 aromatic carbocycles. The molecule has 234 valence electrons. The number of benzene rings is 8. The first-order chi connectivity index (χ1) is 24.8. The molecule has 0 radical (unpaired) electrons. The Balaban J connectivity index is 1.16. The summed E-state index contributed by atoms with van der Waals surface area (Å²) in [6, 6.07) is 65.9. The van der Waals surface area contributed by atoms with Gasteiger partial charge in [-0.25, -0.2) is 15.0 Å². The maximum Gasteiger partial charge on any atom is 0.164 e. The highest BCUT2D eigenvalue weighted by Crippen LogP contribution is 2.36. The topological polar surface area (TPSA) is 38.7 Å². The zero-order valence-electron chi connectivity index (χ0n) is 27.2. The van der Waals surface area contributed by atoms with Crippen molar-refractivity contribution >= 4 is 21.5 Å². The maximum atomic E-state index is 5.09. The molecule has 0 saturated carbocycles. The molecule has 0 spiro atoms. The van der Waals surface area contributed by atoms with Gasteiger partial charge >= 0.3 is 0 Å².